The Morgan fingerprint density at radius 1 is 0.690 bits per heavy atom. The normalized spacial score (nSPS) is 10.4. The molecule has 0 saturated carbocycles. The fourth-order valence-corrected chi connectivity index (χ4v) is 6.63. The third-order valence-electron chi connectivity index (χ3n) is 4.48. The minimum Gasteiger partial charge on any atom is -0.200 e. The number of rotatable bonds is 3. The molecule has 0 fully saturated rings. The first-order chi connectivity index (χ1) is 13.6. The Hall–Kier alpha value is -1.50. The van der Waals surface area contributed by atoms with Gasteiger partial charge in [-0.2, -0.15) is 5.10 Å². The molecule has 0 bridgehead atoms. The van der Waals surface area contributed by atoms with Gasteiger partial charge in [0.2, 0.25) is 0 Å². The molecule has 0 spiro atoms. The summed E-state index contributed by atoms with van der Waals surface area (Å²) in [6.07, 6.45) is 0. The molecule has 0 N–H and O–H groups in total. The van der Waals surface area contributed by atoms with Crippen LogP contribution in [-0.4, -0.2) is 36.9 Å². The second-order valence-electron chi connectivity index (χ2n) is 7.11. The number of hydrogen-bond acceptors (Lipinski definition) is 2. The third-order valence-corrected chi connectivity index (χ3v) is 7.76. The van der Waals surface area contributed by atoms with E-state index in [-0.39, 0.29) is 35.6 Å². The van der Waals surface area contributed by atoms with Gasteiger partial charge in [0.25, 0.3) is 0 Å². The van der Waals surface area contributed by atoms with Crippen molar-refractivity contribution in [3.05, 3.63) is 84.9 Å². The van der Waals surface area contributed by atoms with E-state index in [4.69, 9.17) is 0 Å². The average molecular weight is 596 g/mol. The molecule has 1 radical (unpaired) electrons. The van der Waals surface area contributed by atoms with Gasteiger partial charge in [-0.15, -0.1) is 35.9 Å². The third kappa shape index (κ3) is 6.49. The first-order valence-corrected chi connectivity index (χ1v) is 14.5. The van der Waals surface area contributed by atoms with Crippen LogP contribution in [0, 0.1) is 6.07 Å². The van der Waals surface area contributed by atoms with E-state index in [0.717, 1.165) is 22.2 Å². The number of hydrogen-bond donors (Lipinski definition) is 0. The maximum absolute atomic E-state index is 4.20. The van der Waals surface area contributed by atoms with Gasteiger partial charge in [0.1, 0.15) is 10.6 Å². The number of benzene rings is 3. The first-order valence-electron chi connectivity index (χ1n) is 9.46. The summed E-state index contributed by atoms with van der Waals surface area (Å²) in [4.78, 5) is 0. The van der Waals surface area contributed by atoms with Crippen molar-refractivity contribution >= 4 is 37.4 Å². The maximum Gasteiger partial charge on any atom is 1.00 e. The number of nitrogens with zero attached hydrogens (tertiary/aromatic N) is 2. The van der Waals surface area contributed by atoms with Crippen LogP contribution in [0.2, 0.25) is 0 Å². The molecule has 0 saturated heterocycles. The minimum absolute atomic E-state index is 0. The van der Waals surface area contributed by atoms with Crippen molar-refractivity contribution in [2.24, 2.45) is 0 Å². The summed E-state index contributed by atoms with van der Waals surface area (Å²) >= 11 is 0. The molecule has 1 aromatic heterocycles. The van der Waals surface area contributed by atoms with E-state index in [1.807, 2.05) is 54.6 Å². The summed E-state index contributed by atoms with van der Waals surface area (Å²) < 4.78 is 0. The van der Waals surface area contributed by atoms with Gasteiger partial charge in [0.05, 0.1) is 32.2 Å². The Kier molecular flexibility index (Phi) is 9.53. The Morgan fingerprint density at radius 3 is 1.86 bits per heavy atom. The van der Waals surface area contributed by atoms with Crippen molar-refractivity contribution in [1.82, 2.24) is 10.2 Å². The van der Waals surface area contributed by atoms with Crippen LogP contribution in [0.4, 0.5) is 0 Å². The molecule has 0 aliphatic carbocycles. The standard InChI is InChI=1S/C14H9N2.C10H16P2.Os/c1-2-6-11(7-3-1)14-10-12-8-4-5-9-13(12)15-16-14;1-11(2)9-7-5-6-8-10(9)12(3)4;/h1-6,8-10H;5-8H,1-4H3;/q-1;;+1/p+2. The summed E-state index contributed by atoms with van der Waals surface area (Å²) in [5.74, 6) is 0. The molecule has 0 aliphatic rings. The van der Waals surface area contributed by atoms with Gasteiger partial charge in [-0.3, -0.25) is 0 Å². The van der Waals surface area contributed by atoms with Crippen LogP contribution in [0.15, 0.2) is 78.9 Å². The molecule has 149 valence electrons. The van der Waals surface area contributed by atoms with Crippen LogP contribution in [0.5, 0.6) is 0 Å². The van der Waals surface area contributed by atoms with E-state index in [9.17, 15) is 0 Å². The van der Waals surface area contributed by atoms with Gasteiger partial charge in [-0.1, -0.05) is 36.4 Å². The van der Waals surface area contributed by atoms with Gasteiger partial charge in [-0.05, 0) is 23.6 Å². The molecular weight excluding hydrogens is 568 g/mol. The van der Waals surface area contributed by atoms with E-state index in [1.54, 1.807) is 10.6 Å². The van der Waals surface area contributed by atoms with Crippen molar-refractivity contribution in [2.45, 2.75) is 0 Å². The maximum atomic E-state index is 4.20. The second-order valence-corrected chi connectivity index (χ2v) is 12.2. The predicted octanol–water partition coefficient (Wildman–Crippen LogP) is 4.98. The van der Waals surface area contributed by atoms with Crippen molar-refractivity contribution in [3.63, 3.8) is 0 Å². The van der Waals surface area contributed by atoms with Gasteiger partial charge in [0, 0.05) is 21.5 Å². The summed E-state index contributed by atoms with van der Waals surface area (Å²) in [5.41, 5.74) is 2.75. The molecule has 4 aromatic rings. The van der Waals surface area contributed by atoms with Crippen LogP contribution in [0.1, 0.15) is 0 Å². The molecule has 0 unspecified atom stereocenters. The van der Waals surface area contributed by atoms with Crippen molar-refractivity contribution in [2.75, 3.05) is 26.7 Å². The Morgan fingerprint density at radius 2 is 1.28 bits per heavy atom. The van der Waals surface area contributed by atoms with Crippen LogP contribution in [0.3, 0.4) is 0 Å². The van der Waals surface area contributed by atoms with Crippen LogP contribution in [-0.2, 0) is 19.8 Å². The predicted molar refractivity (Wildman–Crippen MR) is 130 cm³/mol. The summed E-state index contributed by atoms with van der Waals surface area (Å²) in [5, 5.41) is 12.8. The van der Waals surface area contributed by atoms with E-state index in [1.165, 1.54) is 0 Å². The van der Waals surface area contributed by atoms with Crippen molar-refractivity contribution in [3.8, 4) is 11.3 Å². The van der Waals surface area contributed by atoms with Gasteiger partial charge in [-0.25, -0.2) is 5.10 Å². The Labute approximate surface area is 189 Å². The summed E-state index contributed by atoms with van der Waals surface area (Å²) in [7, 11) is -0.522. The monoisotopic (exact) mass is 597 g/mol. The average Bonchev–Trinajstić information content (AvgIpc) is 2.74. The molecule has 1 heterocycles. The van der Waals surface area contributed by atoms with Gasteiger partial charge in [0.15, 0.2) is 0 Å². The van der Waals surface area contributed by atoms with Gasteiger partial charge < -0.3 is 0 Å². The molecule has 0 aliphatic heterocycles. The Balaban J connectivity index is 0.000000209. The molecule has 0 amide bonds. The van der Waals surface area contributed by atoms with Crippen LogP contribution in [0.25, 0.3) is 22.2 Å². The van der Waals surface area contributed by atoms with Gasteiger partial charge >= 0.3 is 19.8 Å². The minimum atomic E-state index is -0.261. The van der Waals surface area contributed by atoms with Crippen LogP contribution >= 0.6 is 15.8 Å². The zero-order chi connectivity index (χ0) is 19.9. The molecular formula is C24H27N2OsP2+2. The molecule has 4 rings (SSSR count). The second kappa shape index (κ2) is 11.6. The molecule has 0 atom stereocenters. The zero-order valence-corrected chi connectivity index (χ0v) is 21.8. The molecule has 29 heavy (non-hydrogen) atoms. The number of fused-ring (bicyclic) bond motifs is 1. The SMILES string of the molecule is C[PH+](C)c1ccccc1[PH+](C)C.[Os+].[c-]1ccccc1-c1cc2ccccc2nn1. The first kappa shape index (κ1) is 23.8. The molecule has 5 heteroatoms. The van der Waals surface area contributed by atoms with Crippen molar-refractivity contribution in [1.29, 1.82) is 0 Å². The van der Waals surface area contributed by atoms with Crippen LogP contribution < -0.4 is 10.6 Å². The number of aromatic nitrogens is 2. The van der Waals surface area contributed by atoms with E-state index in [0.29, 0.717) is 0 Å². The van der Waals surface area contributed by atoms with E-state index < -0.39 is 0 Å². The fraction of sp³-hybridized carbons (Fsp3) is 0.167. The summed E-state index contributed by atoms with van der Waals surface area (Å²) in [6, 6.07) is 29.9. The zero-order valence-electron chi connectivity index (χ0n) is 17.3. The Bertz CT molecular complexity index is 1010. The van der Waals surface area contributed by atoms with E-state index >= 15 is 0 Å². The smallest absolute Gasteiger partial charge is 0.200 e. The fourth-order valence-electron chi connectivity index (χ4n) is 3.02. The molecule has 3 aromatic carbocycles. The summed E-state index contributed by atoms with van der Waals surface area (Å²) in [6.45, 7) is 9.48. The van der Waals surface area contributed by atoms with E-state index in [2.05, 4.69) is 67.2 Å². The van der Waals surface area contributed by atoms with Crippen molar-refractivity contribution < 1.29 is 19.8 Å². The largest absolute Gasteiger partial charge is 1.00 e. The topological polar surface area (TPSA) is 25.8 Å². The quantitative estimate of drug-likeness (QED) is 0.247. The molecule has 2 nitrogen and oxygen atoms in total.